The Bertz CT molecular complexity index is 675. The average molecular weight is 347 g/mol. The first-order valence-electron chi connectivity index (χ1n) is 8.87. The van der Waals surface area contributed by atoms with Crippen LogP contribution in [0.25, 0.3) is 5.57 Å². The highest BCUT2D eigenvalue weighted by Crippen LogP contribution is 2.41. The van der Waals surface area contributed by atoms with Crippen molar-refractivity contribution < 1.29 is 19.0 Å². The number of rotatable bonds is 2. The van der Waals surface area contributed by atoms with E-state index in [9.17, 15) is 14.3 Å². The van der Waals surface area contributed by atoms with Gasteiger partial charge in [0.15, 0.2) is 0 Å². The summed E-state index contributed by atoms with van der Waals surface area (Å²) in [6.07, 6.45) is 2.87. The van der Waals surface area contributed by atoms with Crippen LogP contribution in [0.15, 0.2) is 29.8 Å². The largest absolute Gasteiger partial charge is 0.444 e. The monoisotopic (exact) mass is 347 g/mol. The van der Waals surface area contributed by atoms with Crippen LogP contribution in [0.4, 0.5) is 9.18 Å². The Morgan fingerprint density at radius 1 is 1.20 bits per heavy atom. The Labute approximate surface area is 148 Å². The maximum Gasteiger partial charge on any atom is 0.410 e. The normalized spacial score (nSPS) is 23.6. The van der Waals surface area contributed by atoms with Gasteiger partial charge in [-0.05, 0) is 75.3 Å². The fourth-order valence-corrected chi connectivity index (χ4v) is 3.90. The number of carbonyl (C=O) groups is 1. The van der Waals surface area contributed by atoms with E-state index in [1.165, 1.54) is 12.1 Å². The molecule has 1 N–H and O–H groups in total. The van der Waals surface area contributed by atoms with Crippen molar-refractivity contribution in [2.45, 2.75) is 64.1 Å². The van der Waals surface area contributed by atoms with Gasteiger partial charge in [0.1, 0.15) is 11.4 Å². The van der Waals surface area contributed by atoms with Gasteiger partial charge in [-0.15, -0.1) is 0 Å². The highest BCUT2D eigenvalue weighted by Gasteiger charge is 2.42. The van der Waals surface area contributed by atoms with Crippen molar-refractivity contribution in [1.82, 2.24) is 4.90 Å². The summed E-state index contributed by atoms with van der Waals surface area (Å²) < 4.78 is 18.8. The Morgan fingerprint density at radius 3 is 2.36 bits per heavy atom. The Balaban J connectivity index is 1.89. The third kappa shape index (κ3) is 3.87. The van der Waals surface area contributed by atoms with E-state index in [2.05, 4.69) is 0 Å². The molecule has 2 aliphatic rings. The SMILES string of the molecule is CC(C)(C)OC(=O)N1[C@@H]2CC[C@H]1CC(c1ccc(F)cc1)=C(CO)C2. The summed E-state index contributed by atoms with van der Waals surface area (Å²) in [6, 6.07) is 6.48. The molecule has 4 nitrogen and oxygen atoms in total. The predicted octanol–water partition coefficient (Wildman–Crippen LogP) is 4.13. The summed E-state index contributed by atoms with van der Waals surface area (Å²) in [5, 5.41) is 9.88. The van der Waals surface area contributed by atoms with Crippen LogP contribution in [0.2, 0.25) is 0 Å². The molecule has 1 saturated heterocycles. The molecule has 0 aromatic heterocycles. The van der Waals surface area contributed by atoms with Crippen LogP contribution in [0.5, 0.6) is 0 Å². The molecule has 0 radical (unpaired) electrons. The minimum Gasteiger partial charge on any atom is -0.444 e. The molecule has 0 spiro atoms. The fourth-order valence-electron chi connectivity index (χ4n) is 3.90. The number of aliphatic hydroxyl groups is 1. The quantitative estimate of drug-likeness (QED) is 0.875. The molecule has 5 heteroatoms. The molecule has 2 heterocycles. The number of hydrogen-bond donors (Lipinski definition) is 1. The average Bonchev–Trinajstić information content (AvgIpc) is 2.83. The topological polar surface area (TPSA) is 49.8 Å². The zero-order chi connectivity index (χ0) is 18.2. The van der Waals surface area contributed by atoms with Gasteiger partial charge in [-0.1, -0.05) is 12.1 Å². The molecule has 2 bridgehead atoms. The van der Waals surface area contributed by atoms with Gasteiger partial charge < -0.3 is 14.7 Å². The van der Waals surface area contributed by atoms with Crippen LogP contribution < -0.4 is 0 Å². The molecule has 0 unspecified atom stereocenters. The molecule has 1 fully saturated rings. The van der Waals surface area contributed by atoms with Gasteiger partial charge in [0.25, 0.3) is 0 Å². The van der Waals surface area contributed by atoms with Crippen molar-refractivity contribution in [1.29, 1.82) is 0 Å². The smallest absolute Gasteiger partial charge is 0.410 e. The lowest BCUT2D eigenvalue weighted by Crippen LogP contribution is -2.43. The first kappa shape index (κ1) is 17.9. The van der Waals surface area contributed by atoms with E-state index in [0.717, 1.165) is 29.6 Å². The van der Waals surface area contributed by atoms with Gasteiger partial charge >= 0.3 is 6.09 Å². The summed E-state index contributed by atoms with van der Waals surface area (Å²) >= 11 is 0. The number of ether oxygens (including phenoxy) is 1. The lowest BCUT2D eigenvalue weighted by molar-refractivity contribution is 0.0155. The van der Waals surface area contributed by atoms with Gasteiger partial charge in [-0.3, -0.25) is 0 Å². The minimum atomic E-state index is -0.532. The van der Waals surface area contributed by atoms with Crippen molar-refractivity contribution in [3.8, 4) is 0 Å². The number of amides is 1. The first-order valence-corrected chi connectivity index (χ1v) is 8.87. The lowest BCUT2D eigenvalue weighted by atomic mass is 9.89. The highest BCUT2D eigenvalue weighted by atomic mass is 19.1. The van der Waals surface area contributed by atoms with E-state index in [4.69, 9.17) is 4.74 Å². The van der Waals surface area contributed by atoms with E-state index in [1.54, 1.807) is 12.1 Å². The molecule has 0 aliphatic carbocycles. The van der Waals surface area contributed by atoms with Gasteiger partial charge in [0.2, 0.25) is 0 Å². The van der Waals surface area contributed by atoms with Crippen molar-refractivity contribution in [2.24, 2.45) is 0 Å². The molecule has 3 rings (SSSR count). The molecule has 25 heavy (non-hydrogen) atoms. The maximum atomic E-state index is 13.3. The van der Waals surface area contributed by atoms with Crippen molar-refractivity contribution in [3.05, 3.63) is 41.2 Å². The number of aliphatic hydroxyl groups excluding tert-OH is 1. The summed E-state index contributed by atoms with van der Waals surface area (Å²) in [7, 11) is 0. The lowest BCUT2D eigenvalue weighted by Gasteiger charge is -2.31. The van der Waals surface area contributed by atoms with Crippen molar-refractivity contribution in [2.75, 3.05) is 6.61 Å². The van der Waals surface area contributed by atoms with E-state index < -0.39 is 5.60 Å². The van der Waals surface area contributed by atoms with E-state index in [-0.39, 0.29) is 30.6 Å². The highest BCUT2D eigenvalue weighted by molar-refractivity contribution is 5.74. The zero-order valence-corrected chi connectivity index (χ0v) is 15.1. The van der Waals surface area contributed by atoms with Crippen LogP contribution in [0.3, 0.4) is 0 Å². The number of nitrogens with zero attached hydrogens (tertiary/aromatic N) is 1. The Morgan fingerprint density at radius 2 is 1.80 bits per heavy atom. The number of halogens is 1. The van der Waals surface area contributed by atoms with Crippen LogP contribution in [-0.2, 0) is 4.74 Å². The second-order valence-electron chi connectivity index (χ2n) is 7.93. The number of carbonyl (C=O) groups excluding carboxylic acids is 1. The second-order valence-corrected chi connectivity index (χ2v) is 7.93. The number of fused-ring (bicyclic) bond motifs is 2. The van der Waals surface area contributed by atoms with Crippen LogP contribution in [-0.4, -0.2) is 40.4 Å². The van der Waals surface area contributed by atoms with Crippen molar-refractivity contribution >= 4 is 11.7 Å². The molecular weight excluding hydrogens is 321 g/mol. The van der Waals surface area contributed by atoms with Gasteiger partial charge in [0.05, 0.1) is 6.61 Å². The van der Waals surface area contributed by atoms with Crippen LogP contribution >= 0.6 is 0 Å². The summed E-state index contributed by atoms with van der Waals surface area (Å²) in [5.74, 6) is -0.277. The van der Waals surface area contributed by atoms with E-state index in [1.807, 2.05) is 25.7 Å². The minimum absolute atomic E-state index is 0.0436. The van der Waals surface area contributed by atoms with E-state index in [0.29, 0.717) is 12.8 Å². The first-order chi connectivity index (χ1) is 11.8. The molecule has 136 valence electrons. The molecule has 0 saturated carbocycles. The van der Waals surface area contributed by atoms with Gasteiger partial charge in [-0.25, -0.2) is 9.18 Å². The second kappa shape index (κ2) is 6.79. The molecule has 1 amide bonds. The number of hydrogen-bond acceptors (Lipinski definition) is 3. The fraction of sp³-hybridized carbons (Fsp3) is 0.550. The Hall–Kier alpha value is -1.88. The van der Waals surface area contributed by atoms with Crippen LogP contribution in [0.1, 0.15) is 52.0 Å². The molecule has 1 aromatic carbocycles. The molecular formula is C20H26FNO3. The maximum absolute atomic E-state index is 13.3. The molecule has 2 atom stereocenters. The molecule has 2 aliphatic heterocycles. The summed E-state index contributed by atoms with van der Waals surface area (Å²) in [6.45, 7) is 5.56. The summed E-state index contributed by atoms with van der Waals surface area (Å²) in [4.78, 5) is 14.5. The third-order valence-electron chi connectivity index (χ3n) is 4.96. The molecule has 1 aromatic rings. The van der Waals surface area contributed by atoms with Crippen molar-refractivity contribution in [3.63, 3.8) is 0 Å². The third-order valence-corrected chi connectivity index (χ3v) is 4.96. The predicted molar refractivity (Wildman–Crippen MR) is 94.5 cm³/mol. The van der Waals surface area contributed by atoms with Gasteiger partial charge in [0, 0.05) is 12.1 Å². The Kier molecular flexibility index (Phi) is 4.87. The van der Waals surface area contributed by atoms with Crippen LogP contribution in [0, 0.1) is 5.82 Å². The van der Waals surface area contributed by atoms with E-state index >= 15 is 0 Å². The standard InChI is InChI=1S/C20H26FNO3/c1-20(2,3)25-19(24)22-16-8-9-17(22)11-18(14(10-16)12-23)13-4-6-15(21)7-5-13/h4-7,16-17,23H,8-12H2,1-3H3/t16-,17+/m1/s1. The van der Waals surface area contributed by atoms with Gasteiger partial charge in [-0.2, -0.15) is 0 Å². The number of benzene rings is 1. The summed E-state index contributed by atoms with van der Waals surface area (Å²) in [5.41, 5.74) is 2.35. The zero-order valence-electron chi connectivity index (χ0n) is 15.1.